The number of ether oxygens (including phenoxy) is 1. The molecule has 1 atom stereocenters. The van der Waals surface area contributed by atoms with Crippen LogP contribution in [0.2, 0.25) is 0 Å². The third kappa shape index (κ3) is 8.67. The molecule has 1 unspecified atom stereocenters. The highest BCUT2D eigenvalue weighted by Gasteiger charge is 2.08. The summed E-state index contributed by atoms with van der Waals surface area (Å²) in [4.78, 5) is 0.331. The van der Waals surface area contributed by atoms with Crippen molar-refractivity contribution in [2.75, 3.05) is 26.0 Å². The maximum atomic E-state index is 11.2. The molecular weight excluding hydrogens is 258 g/mol. The van der Waals surface area contributed by atoms with E-state index in [4.69, 9.17) is 0 Å². The Morgan fingerprint density at radius 1 is 1.54 bits per heavy atom. The predicted octanol–water partition coefficient (Wildman–Crippen LogP) is 0.726. The van der Waals surface area contributed by atoms with Crippen LogP contribution in [0.25, 0.3) is 0 Å². The third-order valence-corrected chi connectivity index (χ3v) is 3.23. The molecule has 0 radical (unpaired) electrons. The molecule has 0 heterocycles. The summed E-state index contributed by atoms with van der Waals surface area (Å²) in [5.74, 6) is 0.0279. The van der Waals surface area contributed by atoms with Crippen LogP contribution in [0.4, 0.5) is 0 Å². The summed E-state index contributed by atoms with van der Waals surface area (Å²) in [5, 5.41) is 0. The molecule has 0 aromatic heterocycles. The van der Waals surface area contributed by atoms with Crippen LogP contribution >= 0.6 is 15.9 Å². The Morgan fingerprint density at radius 2 is 2.15 bits per heavy atom. The van der Waals surface area contributed by atoms with E-state index in [-0.39, 0.29) is 12.4 Å². The largest absolute Gasteiger partial charge is 0.384 e. The average molecular weight is 274 g/mol. The van der Waals surface area contributed by atoms with E-state index in [0.717, 1.165) is 6.42 Å². The Hall–Kier alpha value is 0.350. The highest BCUT2D eigenvalue weighted by Crippen LogP contribution is 2.01. The fraction of sp³-hybridized carbons (Fsp3) is 1.00. The lowest BCUT2D eigenvalue weighted by atomic mass is 10.3. The van der Waals surface area contributed by atoms with E-state index < -0.39 is 10.0 Å². The second-order valence-electron chi connectivity index (χ2n) is 2.78. The Morgan fingerprint density at radius 3 is 2.62 bits per heavy atom. The number of alkyl halides is 1. The molecular formula is C7H16BrNO3S. The van der Waals surface area contributed by atoms with Crippen LogP contribution in [-0.4, -0.2) is 39.3 Å². The SMILES string of the molecule is COCCS(=O)(=O)NCCC(C)Br. The van der Waals surface area contributed by atoms with Crippen LogP contribution in [0.15, 0.2) is 0 Å². The number of halogens is 1. The second kappa shape index (κ2) is 6.75. The first kappa shape index (κ1) is 13.4. The first-order valence-corrected chi connectivity index (χ1v) is 6.65. The van der Waals surface area contributed by atoms with Gasteiger partial charge in [-0.2, -0.15) is 0 Å². The average Bonchev–Trinajstić information content (AvgIpc) is 2.00. The fourth-order valence-electron chi connectivity index (χ4n) is 0.679. The number of rotatable bonds is 7. The molecule has 1 N–H and O–H groups in total. The van der Waals surface area contributed by atoms with Crippen molar-refractivity contribution >= 4 is 26.0 Å². The summed E-state index contributed by atoms with van der Waals surface area (Å²) in [6.07, 6.45) is 0.784. The molecule has 6 heteroatoms. The predicted molar refractivity (Wildman–Crippen MR) is 56.7 cm³/mol. The molecule has 0 aliphatic carbocycles. The summed E-state index contributed by atoms with van der Waals surface area (Å²) in [6.45, 7) is 2.68. The summed E-state index contributed by atoms with van der Waals surface area (Å²) in [7, 11) is -1.65. The normalized spacial score (nSPS) is 14.4. The molecule has 0 spiro atoms. The van der Waals surface area contributed by atoms with Gasteiger partial charge in [-0.3, -0.25) is 0 Å². The van der Waals surface area contributed by atoms with Gasteiger partial charge in [-0.25, -0.2) is 13.1 Å². The van der Waals surface area contributed by atoms with E-state index in [1.807, 2.05) is 6.92 Å². The van der Waals surface area contributed by atoms with Crippen molar-refractivity contribution in [3.8, 4) is 0 Å². The third-order valence-electron chi connectivity index (χ3n) is 1.42. The minimum absolute atomic E-state index is 0.0279. The molecule has 0 saturated carbocycles. The minimum atomic E-state index is -3.14. The molecule has 0 bridgehead atoms. The molecule has 0 aliphatic rings. The number of nitrogens with one attached hydrogen (secondary N) is 1. The highest BCUT2D eigenvalue weighted by molar-refractivity contribution is 9.09. The molecule has 80 valence electrons. The Balaban J connectivity index is 3.64. The van der Waals surface area contributed by atoms with E-state index in [1.165, 1.54) is 7.11 Å². The first-order valence-electron chi connectivity index (χ1n) is 4.08. The lowest BCUT2D eigenvalue weighted by Crippen LogP contribution is -2.29. The van der Waals surface area contributed by atoms with Crippen LogP contribution in [0.5, 0.6) is 0 Å². The van der Waals surface area contributed by atoms with Crippen molar-refractivity contribution in [2.45, 2.75) is 18.2 Å². The first-order chi connectivity index (χ1) is 5.98. The molecule has 0 aromatic rings. The van der Waals surface area contributed by atoms with Gasteiger partial charge in [0.15, 0.2) is 0 Å². The Kier molecular flexibility index (Phi) is 6.93. The monoisotopic (exact) mass is 273 g/mol. The molecule has 0 amide bonds. The van der Waals surface area contributed by atoms with Crippen molar-refractivity contribution in [1.29, 1.82) is 0 Å². The van der Waals surface area contributed by atoms with E-state index in [9.17, 15) is 8.42 Å². The molecule has 0 aliphatic heterocycles. The van der Waals surface area contributed by atoms with Crippen LogP contribution in [0.1, 0.15) is 13.3 Å². The van der Waals surface area contributed by atoms with Crippen molar-refractivity contribution in [2.24, 2.45) is 0 Å². The van der Waals surface area contributed by atoms with Gasteiger partial charge in [0.1, 0.15) is 0 Å². The van der Waals surface area contributed by atoms with Gasteiger partial charge < -0.3 is 4.74 Å². The number of hydrogen-bond donors (Lipinski definition) is 1. The quantitative estimate of drug-likeness (QED) is 0.696. The van der Waals surface area contributed by atoms with E-state index in [2.05, 4.69) is 25.4 Å². The summed E-state index contributed by atoms with van der Waals surface area (Å²) >= 11 is 3.34. The smallest absolute Gasteiger partial charge is 0.213 e. The van der Waals surface area contributed by atoms with Crippen molar-refractivity contribution in [3.63, 3.8) is 0 Å². The second-order valence-corrected chi connectivity index (χ2v) is 6.27. The zero-order valence-corrected chi connectivity index (χ0v) is 10.3. The van der Waals surface area contributed by atoms with Crippen LogP contribution in [-0.2, 0) is 14.8 Å². The van der Waals surface area contributed by atoms with Gasteiger partial charge >= 0.3 is 0 Å². The Bertz CT molecular complexity index is 216. The number of sulfonamides is 1. The molecule has 0 fully saturated rings. The molecule has 0 rings (SSSR count). The standard InChI is InChI=1S/C7H16BrNO3S/c1-7(8)3-4-9-13(10,11)6-5-12-2/h7,9H,3-6H2,1-2H3. The molecule has 0 aromatic carbocycles. The van der Waals surface area contributed by atoms with E-state index >= 15 is 0 Å². The maximum absolute atomic E-state index is 11.2. The van der Waals surface area contributed by atoms with Crippen molar-refractivity contribution < 1.29 is 13.2 Å². The van der Waals surface area contributed by atoms with Gasteiger partial charge in [0.05, 0.1) is 12.4 Å². The molecule has 0 saturated heterocycles. The van der Waals surface area contributed by atoms with E-state index in [1.54, 1.807) is 0 Å². The topological polar surface area (TPSA) is 55.4 Å². The van der Waals surface area contributed by atoms with Crippen LogP contribution in [0, 0.1) is 0 Å². The summed E-state index contributed by atoms with van der Waals surface area (Å²) in [6, 6.07) is 0. The van der Waals surface area contributed by atoms with E-state index in [0.29, 0.717) is 11.4 Å². The minimum Gasteiger partial charge on any atom is -0.384 e. The van der Waals surface area contributed by atoms with Gasteiger partial charge in [-0.1, -0.05) is 22.9 Å². The zero-order valence-electron chi connectivity index (χ0n) is 7.92. The number of methoxy groups -OCH3 is 1. The van der Waals surface area contributed by atoms with Crippen molar-refractivity contribution in [3.05, 3.63) is 0 Å². The lowest BCUT2D eigenvalue weighted by molar-refractivity contribution is 0.217. The lowest BCUT2D eigenvalue weighted by Gasteiger charge is -2.06. The van der Waals surface area contributed by atoms with Gasteiger partial charge in [-0.15, -0.1) is 0 Å². The number of hydrogen-bond acceptors (Lipinski definition) is 3. The van der Waals surface area contributed by atoms with Crippen LogP contribution in [0.3, 0.4) is 0 Å². The van der Waals surface area contributed by atoms with Gasteiger partial charge in [0, 0.05) is 18.5 Å². The molecule has 4 nitrogen and oxygen atoms in total. The van der Waals surface area contributed by atoms with Crippen molar-refractivity contribution in [1.82, 2.24) is 4.72 Å². The fourth-order valence-corrected chi connectivity index (χ4v) is 1.87. The summed E-state index contributed by atoms with van der Waals surface area (Å²) in [5.41, 5.74) is 0. The summed E-state index contributed by atoms with van der Waals surface area (Å²) < 4.78 is 29.5. The van der Waals surface area contributed by atoms with Gasteiger partial charge in [0.25, 0.3) is 0 Å². The van der Waals surface area contributed by atoms with Gasteiger partial charge in [-0.05, 0) is 6.42 Å². The zero-order chi connectivity index (χ0) is 10.3. The Labute approximate surface area is 88.2 Å². The van der Waals surface area contributed by atoms with Crippen LogP contribution < -0.4 is 4.72 Å². The van der Waals surface area contributed by atoms with Gasteiger partial charge in [0.2, 0.25) is 10.0 Å². The highest BCUT2D eigenvalue weighted by atomic mass is 79.9. The molecule has 13 heavy (non-hydrogen) atoms. The maximum Gasteiger partial charge on any atom is 0.213 e.